The molecular formula is C20H31NO5S. The van der Waals surface area contributed by atoms with Crippen LogP contribution in [0.1, 0.15) is 81.5 Å². The van der Waals surface area contributed by atoms with Gasteiger partial charge in [-0.25, -0.2) is 4.79 Å². The number of esters is 2. The second kappa shape index (κ2) is 10.4. The van der Waals surface area contributed by atoms with Gasteiger partial charge < -0.3 is 14.8 Å². The first-order valence-corrected chi connectivity index (χ1v) is 10.1. The molecule has 0 spiro atoms. The Bertz CT molecular complexity index is 660. The van der Waals surface area contributed by atoms with Gasteiger partial charge in [0.2, 0.25) is 5.91 Å². The molecule has 0 aliphatic heterocycles. The summed E-state index contributed by atoms with van der Waals surface area (Å²) in [7, 11) is 1.32. The molecule has 0 saturated heterocycles. The van der Waals surface area contributed by atoms with E-state index in [4.69, 9.17) is 4.74 Å². The van der Waals surface area contributed by atoms with Crippen LogP contribution in [0.15, 0.2) is 6.07 Å². The summed E-state index contributed by atoms with van der Waals surface area (Å²) in [4.78, 5) is 36.7. The highest BCUT2D eigenvalue weighted by Crippen LogP contribution is 2.38. The monoisotopic (exact) mass is 397 g/mol. The summed E-state index contributed by atoms with van der Waals surface area (Å²) in [5.74, 6) is -0.758. The summed E-state index contributed by atoms with van der Waals surface area (Å²) in [6.45, 7) is 10.7. The van der Waals surface area contributed by atoms with Crippen LogP contribution in [0.5, 0.6) is 0 Å². The Morgan fingerprint density at radius 2 is 1.89 bits per heavy atom. The van der Waals surface area contributed by atoms with Gasteiger partial charge in [0, 0.05) is 17.7 Å². The second-order valence-corrected chi connectivity index (χ2v) is 8.84. The number of hydrogen-bond acceptors (Lipinski definition) is 6. The van der Waals surface area contributed by atoms with Crippen LogP contribution in [0.3, 0.4) is 0 Å². The highest BCUT2D eigenvalue weighted by molar-refractivity contribution is 7.16. The van der Waals surface area contributed by atoms with Crippen molar-refractivity contribution >= 4 is 34.2 Å². The molecule has 1 amide bonds. The molecule has 0 aliphatic carbocycles. The van der Waals surface area contributed by atoms with Gasteiger partial charge in [-0.3, -0.25) is 9.59 Å². The van der Waals surface area contributed by atoms with E-state index in [9.17, 15) is 14.4 Å². The fourth-order valence-corrected chi connectivity index (χ4v) is 3.92. The Labute approximate surface area is 165 Å². The number of hydrogen-bond donors (Lipinski definition) is 1. The number of anilines is 1. The Morgan fingerprint density at radius 1 is 1.22 bits per heavy atom. The van der Waals surface area contributed by atoms with Gasteiger partial charge in [-0.15, -0.1) is 11.3 Å². The van der Waals surface area contributed by atoms with Crippen molar-refractivity contribution in [3.05, 3.63) is 16.5 Å². The minimum atomic E-state index is -0.437. The van der Waals surface area contributed by atoms with Gasteiger partial charge in [0.15, 0.2) is 0 Å². The topological polar surface area (TPSA) is 81.7 Å². The van der Waals surface area contributed by atoms with E-state index in [0.717, 1.165) is 11.3 Å². The van der Waals surface area contributed by atoms with E-state index in [1.54, 1.807) is 6.92 Å². The predicted molar refractivity (Wildman–Crippen MR) is 107 cm³/mol. The first-order valence-electron chi connectivity index (χ1n) is 9.25. The number of rotatable bonds is 9. The summed E-state index contributed by atoms with van der Waals surface area (Å²) in [6, 6.07) is 1.82. The molecule has 0 radical (unpaired) electrons. The van der Waals surface area contributed by atoms with E-state index in [1.165, 1.54) is 18.4 Å². The molecule has 7 heteroatoms. The molecule has 6 nitrogen and oxygen atoms in total. The molecule has 1 N–H and O–H groups in total. The number of carbonyl (C=O) groups excluding carboxylic acids is 3. The van der Waals surface area contributed by atoms with Crippen LogP contribution in [0.2, 0.25) is 0 Å². The van der Waals surface area contributed by atoms with Crippen LogP contribution in [0, 0.1) is 5.41 Å². The Kier molecular flexibility index (Phi) is 8.96. The van der Waals surface area contributed by atoms with Crippen molar-refractivity contribution in [3.8, 4) is 0 Å². The normalized spacial score (nSPS) is 12.4. The number of ether oxygens (including phenoxy) is 2. The van der Waals surface area contributed by atoms with Gasteiger partial charge >= 0.3 is 11.9 Å². The first kappa shape index (κ1) is 23.1. The summed E-state index contributed by atoms with van der Waals surface area (Å²) in [5, 5.41) is 3.31. The highest BCUT2D eigenvalue weighted by atomic mass is 32.1. The Morgan fingerprint density at radius 3 is 2.44 bits per heavy atom. The summed E-state index contributed by atoms with van der Waals surface area (Å²) < 4.78 is 9.69. The van der Waals surface area contributed by atoms with Crippen LogP contribution in [0.4, 0.5) is 5.00 Å². The van der Waals surface area contributed by atoms with E-state index >= 15 is 0 Å². The molecule has 0 bridgehead atoms. The summed E-state index contributed by atoms with van der Waals surface area (Å²) >= 11 is 1.41. The smallest absolute Gasteiger partial charge is 0.341 e. The van der Waals surface area contributed by atoms with Gasteiger partial charge in [-0.1, -0.05) is 27.7 Å². The Hall–Kier alpha value is -1.89. The van der Waals surface area contributed by atoms with E-state index in [2.05, 4.69) is 37.7 Å². The molecule has 1 atom stereocenters. The van der Waals surface area contributed by atoms with Gasteiger partial charge in [0.25, 0.3) is 0 Å². The zero-order valence-electron chi connectivity index (χ0n) is 17.1. The Balaban J connectivity index is 2.90. The summed E-state index contributed by atoms with van der Waals surface area (Å²) in [5.41, 5.74) is 0.545. The van der Waals surface area contributed by atoms with Crippen molar-refractivity contribution < 1.29 is 23.9 Å². The highest BCUT2D eigenvalue weighted by Gasteiger charge is 2.24. The van der Waals surface area contributed by atoms with Crippen LogP contribution >= 0.6 is 11.3 Å². The third-order valence-electron chi connectivity index (χ3n) is 3.92. The minimum Gasteiger partial charge on any atom is -0.469 e. The van der Waals surface area contributed by atoms with E-state index < -0.39 is 5.97 Å². The quantitative estimate of drug-likeness (QED) is 0.608. The molecule has 0 aromatic carbocycles. The predicted octanol–water partition coefficient (Wildman–Crippen LogP) is 4.75. The number of nitrogens with one attached hydrogen (secondary N) is 1. The SMILES string of the molecule is CCOC(=O)c1cc([C@@H](C)CC(C)(C)C)sc1NC(=O)CCCC(=O)OC. The van der Waals surface area contributed by atoms with E-state index in [0.29, 0.717) is 17.0 Å². The lowest BCUT2D eigenvalue weighted by atomic mass is 9.85. The van der Waals surface area contributed by atoms with E-state index in [1.807, 2.05) is 6.07 Å². The van der Waals surface area contributed by atoms with Gasteiger partial charge in [0.05, 0.1) is 19.3 Å². The first-order chi connectivity index (χ1) is 12.6. The summed E-state index contributed by atoms with van der Waals surface area (Å²) in [6.07, 6.45) is 1.73. The molecule has 1 aromatic rings. The number of thiophene rings is 1. The lowest BCUT2D eigenvalue weighted by Crippen LogP contribution is -2.14. The van der Waals surface area contributed by atoms with E-state index in [-0.39, 0.29) is 42.7 Å². The minimum absolute atomic E-state index is 0.158. The molecule has 152 valence electrons. The number of carbonyl (C=O) groups is 3. The molecule has 0 aliphatic rings. The molecule has 1 aromatic heterocycles. The van der Waals surface area contributed by atoms with Crippen LogP contribution in [0.25, 0.3) is 0 Å². The number of methoxy groups -OCH3 is 1. The van der Waals surface area contributed by atoms with Gasteiger partial charge in [-0.05, 0) is 37.2 Å². The molecule has 0 unspecified atom stereocenters. The largest absolute Gasteiger partial charge is 0.469 e. The molecular weight excluding hydrogens is 366 g/mol. The molecule has 1 rings (SSSR count). The van der Waals surface area contributed by atoms with Crippen molar-refractivity contribution in [1.82, 2.24) is 0 Å². The second-order valence-electron chi connectivity index (χ2n) is 7.76. The van der Waals surface area contributed by atoms with Crippen molar-refractivity contribution in [1.29, 1.82) is 0 Å². The van der Waals surface area contributed by atoms with Crippen molar-refractivity contribution in [3.63, 3.8) is 0 Å². The average molecular weight is 398 g/mol. The molecule has 27 heavy (non-hydrogen) atoms. The lowest BCUT2D eigenvalue weighted by molar-refractivity contribution is -0.140. The van der Waals surface area contributed by atoms with Crippen molar-refractivity contribution in [2.75, 3.05) is 19.0 Å². The maximum Gasteiger partial charge on any atom is 0.341 e. The van der Waals surface area contributed by atoms with Gasteiger partial charge in [-0.2, -0.15) is 0 Å². The fraction of sp³-hybridized carbons (Fsp3) is 0.650. The van der Waals surface area contributed by atoms with Crippen LogP contribution in [-0.2, 0) is 19.1 Å². The fourth-order valence-electron chi connectivity index (χ4n) is 2.81. The maximum atomic E-state index is 12.3. The zero-order valence-corrected chi connectivity index (χ0v) is 18.0. The zero-order chi connectivity index (χ0) is 20.6. The van der Waals surface area contributed by atoms with Crippen LogP contribution < -0.4 is 5.32 Å². The maximum absolute atomic E-state index is 12.3. The molecule has 1 heterocycles. The molecule has 0 saturated carbocycles. The lowest BCUT2D eigenvalue weighted by Gasteiger charge is -2.22. The van der Waals surface area contributed by atoms with Crippen LogP contribution in [-0.4, -0.2) is 31.6 Å². The number of amides is 1. The van der Waals surface area contributed by atoms with Crippen molar-refractivity contribution in [2.24, 2.45) is 5.41 Å². The third kappa shape index (κ3) is 8.12. The van der Waals surface area contributed by atoms with Gasteiger partial charge in [0.1, 0.15) is 5.00 Å². The standard InChI is InChI=1S/C20H31NO5S/c1-7-26-19(24)14-11-15(13(2)12-20(3,4)5)27-18(14)21-16(22)9-8-10-17(23)25-6/h11,13H,7-10,12H2,1-6H3,(H,21,22)/t13-/m0/s1. The average Bonchev–Trinajstić information content (AvgIpc) is 2.97. The third-order valence-corrected chi connectivity index (χ3v) is 5.20. The van der Waals surface area contributed by atoms with Crippen molar-refractivity contribution in [2.45, 2.75) is 66.2 Å². The molecule has 0 fully saturated rings.